The monoisotopic (exact) mass is 449 g/mol. The van der Waals surface area contributed by atoms with Gasteiger partial charge in [0.05, 0.1) is 13.7 Å². The second-order valence-electron chi connectivity index (χ2n) is 5.83. The topological polar surface area (TPSA) is 88.7 Å². The van der Waals surface area contributed by atoms with E-state index in [1.807, 2.05) is 30.3 Å². The van der Waals surface area contributed by atoms with Crippen LogP contribution in [0.25, 0.3) is 0 Å². The van der Waals surface area contributed by atoms with Crippen LogP contribution in [0.1, 0.15) is 16.8 Å². The molecule has 28 heavy (non-hydrogen) atoms. The lowest BCUT2D eigenvalue weighted by atomic mass is 10.2. The molecular weight excluding hydrogens is 426 g/mol. The van der Waals surface area contributed by atoms with Crippen molar-refractivity contribution in [3.05, 3.63) is 58.6 Å². The number of ether oxygens (including phenoxy) is 2. The number of hydrogen-bond donors (Lipinski definition) is 3. The molecule has 3 amide bonds. The second-order valence-corrected chi connectivity index (χ2v) is 6.74. The lowest BCUT2D eigenvalue weighted by Gasteiger charge is -2.10. The van der Waals surface area contributed by atoms with Gasteiger partial charge in [0.15, 0.2) is 0 Å². The molecule has 0 atom stereocenters. The van der Waals surface area contributed by atoms with Crippen LogP contribution in [0, 0.1) is 0 Å². The molecule has 0 aliphatic heterocycles. The largest absolute Gasteiger partial charge is 0.497 e. The molecule has 0 unspecified atom stereocenters. The maximum atomic E-state index is 12.0. The van der Waals surface area contributed by atoms with Crippen LogP contribution in [-0.2, 0) is 0 Å². The Labute approximate surface area is 172 Å². The summed E-state index contributed by atoms with van der Waals surface area (Å²) in [7, 11) is 1.61. The zero-order valence-electron chi connectivity index (χ0n) is 15.7. The fraction of sp³-hybridized carbons (Fsp3) is 0.300. The van der Waals surface area contributed by atoms with Crippen molar-refractivity contribution in [2.75, 3.05) is 33.4 Å². The van der Waals surface area contributed by atoms with E-state index in [1.54, 1.807) is 25.3 Å². The molecule has 7 nitrogen and oxygen atoms in total. The highest BCUT2D eigenvalue weighted by Crippen LogP contribution is 2.16. The summed E-state index contributed by atoms with van der Waals surface area (Å²) in [5.41, 5.74) is 0.565. The van der Waals surface area contributed by atoms with E-state index in [2.05, 4.69) is 31.9 Å². The van der Waals surface area contributed by atoms with E-state index < -0.39 is 0 Å². The Hall–Kier alpha value is -2.74. The molecular formula is C20H24BrN3O4. The molecule has 0 bridgehead atoms. The van der Waals surface area contributed by atoms with Crippen LogP contribution < -0.4 is 25.4 Å². The van der Waals surface area contributed by atoms with Gasteiger partial charge in [-0.05, 0) is 48.9 Å². The van der Waals surface area contributed by atoms with Crippen LogP contribution in [0.2, 0.25) is 0 Å². The standard InChI is InChI=1S/C20H24BrN3O4/c1-27-17-6-8-18(9-7-17)28-13-3-10-23-20(26)24-12-11-22-19(25)15-4-2-5-16(21)14-15/h2,4-9,14H,3,10-13H2,1H3,(H,22,25)(H2,23,24,26). The summed E-state index contributed by atoms with van der Waals surface area (Å²) in [6, 6.07) is 14.2. The predicted octanol–water partition coefficient (Wildman–Crippen LogP) is 2.96. The number of benzene rings is 2. The summed E-state index contributed by atoms with van der Waals surface area (Å²) in [6.45, 7) is 1.68. The van der Waals surface area contributed by atoms with Gasteiger partial charge in [-0.3, -0.25) is 4.79 Å². The quantitative estimate of drug-likeness (QED) is 0.486. The van der Waals surface area contributed by atoms with Crippen molar-refractivity contribution in [2.24, 2.45) is 0 Å². The molecule has 0 aliphatic rings. The van der Waals surface area contributed by atoms with Crippen LogP contribution in [0.15, 0.2) is 53.0 Å². The Morgan fingerprint density at radius 1 is 0.929 bits per heavy atom. The number of urea groups is 1. The molecule has 0 heterocycles. The Kier molecular flexibility index (Phi) is 9.14. The summed E-state index contributed by atoms with van der Waals surface area (Å²) in [4.78, 5) is 23.7. The number of carbonyl (C=O) groups excluding carboxylic acids is 2. The number of nitrogens with one attached hydrogen (secondary N) is 3. The van der Waals surface area contributed by atoms with E-state index in [9.17, 15) is 9.59 Å². The Morgan fingerprint density at radius 2 is 1.61 bits per heavy atom. The third kappa shape index (κ3) is 7.87. The Bertz CT molecular complexity index is 768. The summed E-state index contributed by atoms with van der Waals surface area (Å²) >= 11 is 3.33. The molecule has 0 fully saturated rings. The number of carbonyl (C=O) groups is 2. The van der Waals surface area contributed by atoms with Gasteiger partial charge < -0.3 is 25.4 Å². The summed E-state index contributed by atoms with van der Waals surface area (Å²) in [5, 5.41) is 8.19. The van der Waals surface area contributed by atoms with E-state index in [-0.39, 0.29) is 11.9 Å². The van der Waals surface area contributed by atoms with Crippen LogP contribution in [-0.4, -0.2) is 45.3 Å². The summed E-state index contributed by atoms with van der Waals surface area (Å²) in [6.07, 6.45) is 0.680. The van der Waals surface area contributed by atoms with E-state index in [0.29, 0.717) is 38.2 Å². The number of halogens is 1. The lowest BCUT2D eigenvalue weighted by molar-refractivity contribution is 0.0953. The molecule has 8 heteroatoms. The Morgan fingerprint density at radius 3 is 2.32 bits per heavy atom. The van der Waals surface area contributed by atoms with Crippen molar-refractivity contribution in [3.8, 4) is 11.5 Å². The van der Waals surface area contributed by atoms with E-state index in [0.717, 1.165) is 16.0 Å². The highest BCUT2D eigenvalue weighted by molar-refractivity contribution is 9.10. The van der Waals surface area contributed by atoms with Crippen molar-refractivity contribution in [1.29, 1.82) is 0 Å². The molecule has 0 radical (unpaired) electrons. The minimum atomic E-state index is -0.277. The fourth-order valence-electron chi connectivity index (χ4n) is 2.28. The average molecular weight is 450 g/mol. The number of methoxy groups -OCH3 is 1. The third-order valence-corrected chi connectivity index (χ3v) is 4.21. The first-order valence-electron chi connectivity index (χ1n) is 8.91. The molecule has 0 aliphatic carbocycles. The molecule has 0 spiro atoms. The molecule has 2 rings (SSSR count). The molecule has 0 aromatic heterocycles. The van der Waals surface area contributed by atoms with E-state index >= 15 is 0 Å². The van der Waals surface area contributed by atoms with Crippen LogP contribution >= 0.6 is 15.9 Å². The fourth-order valence-corrected chi connectivity index (χ4v) is 2.68. The second kappa shape index (κ2) is 11.9. The third-order valence-electron chi connectivity index (χ3n) is 3.72. The number of hydrogen-bond acceptors (Lipinski definition) is 4. The molecule has 2 aromatic rings. The highest BCUT2D eigenvalue weighted by Gasteiger charge is 2.05. The zero-order chi connectivity index (χ0) is 20.2. The first-order chi connectivity index (χ1) is 13.6. The van der Waals surface area contributed by atoms with Gasteiger partial charge in [-0.1, -0.05) is 22.0 Å². The Balaban J connectivity index is 1.51. The van der Waals surface area contributed by atoms with Crippen molar-refractivity contribution in [1.82, 2.24) is 16.0 Å². The van der Waals surface area contributed by atoms with Gasteiger partial charge in [0.1, 0.15) is 11.5 Å². The van der Waals surface area contributed by atoms with Crippen molar-refractivity contribution >= 4 is 27.9 Å². The van der Waals surface area contributed by atoms with Gasteiger partial charge in [0.25, 0.3) is 5.91 Å². The first-order valence-corrected chi connectivity index (χ1v) is 9.70. The average Bonchev–Trinajstić information content (AvgIpc) is 2.71. The van der Waals surface area contributed by atoms with Gasteiger partial charge in [-0.15, -0.1) is 0 Å². The van der Waals surface area contributed by atoms with Gasteiger partial charge >= 0.3 is 6.03 Å². The maximum Gasteiger partial charge on any atom is 0.314 e. The predicted molar refractivity (Wildman–Crippen MR) is 111 cm³/mol. The SMILES string of the molecule is COc1ccc(OCCCNC(=O)NCCNC(=O)c2cccc(Br)c2)cc1. The van der Waals surface area contributed by atoms with Gasteiger partial charge in [0, 0.05) is 29.7 Å². The van der Waals surface area contributed by atoms with E-state index in [1.165, 1.54) is 0 Å². The molecule has 150 valence electrons. The number of rotatable bonds is 10. The maximum absolute atomic E-state index is 12.0. The molecule has 3 N–H and O–H groups in total. The van der Waals surface area contributed by atoms with Gasteiger partial charge in [-0.25, -0.2) is 4.79 Å². The van der Waals surface area contributed by atoms with Gasteiger partial charge in [0.2, 0.25) is 0 Å². The van der Waals surface area contributed by atoms with Crippen molar-refractivity contribution in [3.63, 3.8) is 0 Å². The minimum Gasteiger partial charge on any atom is -0.497 e. The minimum absolute atomic E-state index is 0.181. The van der Waals surface area contributed by atoms with Crippen LogP contribution in [0.3, 0.4) is 0 Å². The van der Waals surface area contributed by atoms with E-state index in [4.69, 9.17) is 9.47 Å². The van der Waals surface area contributed by atoms with Crippen LogP contribution in [0.5, 0.6) is 11.5 Å². The highest BCUT2D eigenvalue weighted by atomic mass is 79.9. The molecule has 0 saturated heterocycles. The van der Waals surface area contributed by atoms with Crippen LogP contribution in [0.4, 0.5) is 4.79 Å². The lowest BCUT2D eigenvalue weighted by Crippen LogP contribution is -2.40. The summed E-state index contributed by atoms with van der Waals surface area (Å²) < 4.78 is 11.5. The number of amides is 3. The molecule has 0 saturated carbocycles. The molecule has 2 aromatic carbocycles. The zero-order valence-corrected chi connectivity index (χ0v) is 17.3. The summed E-state index contributed by atoms with van der Waals surface area (Å²) in [5.74, 6) is 1.35. The van der Waals surface area contributed by atoms with Crippen molar-refractivity contribution < 1.29 is 19.1 Å². The normalized spacial score (nSPS) is 10.1. The van der Waals surface area contributed by atoms with Gasteiger partial charge in [-0.2, -0.15) is 0 Å². The first kappa shape index (κ1) is 21.6. The van der Waals surface area contributed by atoms with Crippen molar-refractivity contribution in [2.45, 2.75) is 6.42 Å². The smallest absolute Gasteiger partial charge is 0.314 e.